The van der Waals surface area contributed by atoms with Gasteiger partial charge in [0.1, 0.15) is 5.75 Å². The maximum Gasteiger partial charge on any atom is 0.133 e. The van der Waals surface area contributed by atoms with Crippen molar-refractivity contribution in [1.82, 2.24) is 9.97 Å². The van der Waals surface area contributed by atoms with E-state index in [9.17, 15) is 0 Å². The average Bonchev–Trinajstić information content (AvgIpc) is 2.23. The van der Waals surface area contributed by atoms with E-state index in [4.69, 9.17) is 5.11 Å². The summed E-state index contributed by atoms with van der Waals surface area (Å²) in [4.78, 5) is 8.12. The first-order valence-corrected chi connectivity index (χ1v) is 4.37. The molecule has 0 spiro atoms. The van der Waals surface area contributed by atoms with Crippen molar-refractivity contribution >= 4 is 0 Å². The van der Waals surface area contributed by atoms with Gasteiger partial charge in [-0.25, -0.2) is 0 Å². The molecule has 2 aromatic heterocycles. The fourth-order valence-electron chi connectivity index (χ4n) is 1.23. The van der Waals surface area contributed by atoms with Crippen molar-refractivity contribution in [2.45, 2.75) is 6.42 Å². The molecule has 2 rings (SSSR count). The Morgan fingerprint density at radius 3 is 2.71 bits per heavy atom. The molecule has 70 valence electrons. The number of rotatable bonds is 2. The van der Waals surface area contributed by atoms with E-state index in [1.165, 1.54) is 6.20 Å². The highest BCUT2D eigenvalue weighted by molar-refractivity contribution is 5.22. The Bertz CT molecular complexity index is 397. The summed E-state index contributed by atoms with van der Waals surface area (Å²) in [6.45, 7) is 0. The van der Waals surface area contributed by atoms with E-state index in [1.54, 1.807) is 12.3 Å². The predicted octanol–water partition coefficient (Wildman–Crippen LogP) is 1.77. The molecule has 0 saturated carbocycles. The van der Waals surface area contributed by atoms with E-state index in [2.05, 4.69) is 9.97 Å². The van der Waals surface area contributed by atoms with Crippen molar-refractivity contribution < 1.29 is 5.11 Å². The van der Waals surface area contributed by atoms with Crippen molar-refractivity contribution in [3.63, 3.8) is 0 Å². The second kappa shape index (κ2) is 3.87. The minimum Gasteiger partial charge on any atom is -0.506 e. The molecule has 0 aliphatic heterocycles. The third-order valence-corrected chi connectivity index (χ3v) is 1.92. The molecule has 0 radical (unpaired) electrons. The van der Waals surface area contributed by atoms with Crippen molar-refractivity contribution in [3.8, 4) is 5.75 Å². The van der Waals surface area contributed by atoms with Crippen LogP contribution >= 0.6 is 0 Å². The SMILES string of the molecule is Oc1ccc(Cc2cccnc2)nc1. The van der Waals surface area contributed by atoms with Gasteiger partial charge in [-0.05, 0) is 23.8 Å². The smallest absolute Gasteiger partial charge is 0.133 e. The highest BCUT2D eigenvalue weighted by Gasteiger charge is 1.97. The van der Waals surface area contributed by atoms with E-state index < -0.39 is 0 Å². The van der Waals surface area contributed by atoms with Crippen LogP contribution in [0.25, 0.3) is 0 Å². The number of hydrogen-bond donors (Lipinski definition) is 1. The van der Waals surface area contributed by atoms with Gasteiger partial charge >= 0.3 is 0 Å². The molecule has 3 heteroatoms. The summed E-state index contributed by atoms with van der Waals surface area (Å²) >= 11 is 0. The van der Waals surface area contributed by atoms with Crippen LogP contribution in [-0.2, 0) is 6.42 Å². The van der Waals surface area contributed by atoms with Crippen LogP contribution in [0, 0.1) is 0 Å². The molecule has 0 saturated heterocycles. The van der Waals surface area contributed by atoms with Crippen molar-refractivity contribution in [1.29, 1.82) is 0 Å². The van der Waals surface area contributed by atoms with E-state index in [0.717, 1.165) is 17.7 Å². The van der Waals surface area contributed by atoms with Crippen LogP contribution in [0.1, 0.15) is 11.3 Å². The minimum atomic E-state index is 0.194. The van der Waals surface area contributed by atoms with Crippen molar-refractivity contribution in [3.05, 3.63) is 54.1 Å². The number of pyridine rings is 2. The Morgan fingerprint density at radius 1 is 1.14 bits per heavy atom. The van der Waals surface area contributed by atoms with Crippen LogP contribution in [0.2, 0.25) is 0 Å². The lowest BCUT2D eigenvalue weighted by Gasteiger charge is -1.99. The van der Waals surface area contributed by atoms with Crippen LogP contribution in [0.4, 0.5) is 0 Å². The average molecular weight is 186 g/mol. The first-order valence-electron chi connectivity index (χ1n) is 4.37. The molecule has 3 nitrogen and oxygen atoms in total. The van der Waals surface area contributed by atoms with Crippen molar-refractivity contribution in [2.75, 3.05) is 0 Å². The summed E-state index contributed by atoms with van der Waals surface area (Å²) in [6.07, 6.45) is 5.75. The Kier molecular flexibility index (Phi) is 2.40. The van der Waals surface area contributed by atoms with Crippen LogP contribution in [0.5, 0.6) is 5.75 Å². The molecule has 0 fully saturated rings. The lowest BCUT2D eigenvalue weighted by molar-refractivity contribution is 0.472. The van der Waals surface area contributed by atoms with Gasteiger partial charge in [0.05, 0.1) is 6.20 Å². The summed E-state index contributed by atoms with van der Waals surface area (Å²) in [6, 6.07) is 7.35. The molecule has 0 bridgehead atoms. The normalized spacial score (nSPS) is 10.0. The number of aromatic nitrogens is 2. The Morgan fingerprint density at radius 2 is 2.07 bits per heavy atom. The second-order valence-corrected chi connectivity index (χ2v) is 3.05. The zero-order valence-electron chi connectivity index (χ0n) is 7.59. The molecule has 0 unspecified atom stereocenters. The summed E-state index contributed by atoms with van der Waals surface area (Å²) in [5, 5.41) is 9.05. The largest absolute Gasteiger partial charge is 0.506 e. The molecule has 14 heavy (non-hydrogen) atoms. The molecule has 0 aromatic carbocycles. The Labute approximate surface area is 82.1 Å². The highest BCUT2D eigenvalue weighted by atomic mass is 16.3. The Hall–Kier alpha value is -1.90. The van der Waals surface area contributed by atoms with E-state index >= 15 is 0 Å². The minimum absolute atomic E-state index is 0.194. The summed E-state index contributed by atoms with van der Waals surface area (Å²) in [5.41, 5.74) is 2.04. The molecule has 1 N–H and O–H groups in total. The molecule has 0 aliphatic carbocycles. The molecule has 2 aromatic rings. The van der Waals surface area contributed by atoms with Gasteiger partial charge in [0.2, 0.25) is 0 Å². The van der Waals surface area contributed by atoms with Gasteiger partial charge in [0.25, 0.3) is 0 Å². The van der Waals surface area contributed by atoms with Crippen LogP contribution in [0.3, 0.4) is 0 Å². The topological polar surface area (TPSA) is 46.0 Å². The molecular formula is C11H10N2O. The van der Waals surface area contributed by atoms with E-state index in [0.29, 0.717) is 0 Å². The Balaban J connectivity index is 2.16. The number of nitrogens with zero attached hydrogens (tertiary/aromatic N) is 2. The lowest BCUT2D eigenvalue weighted by atomic mass is 10.1. The summed E-state index contributed by atoms with van der Waals surface area (Å²) in [7, 11) is 0. The van der Waals surface area contributed by atoms with Gasteiger partial charge < -0.3 is 5.11 Å². The quantitative estimate of drug-likeness (QED) is 0.777. The standard InChI is InChI=1S/C11H10N2O/c14-11-4-3-10(13-8-11)6-9-2-1-5-12-7-9/h1-5,7-8,14H,6H2. The van der Waals surface area contributed by atoms with Gasteiger partial charge in [-0.3, -0.25) is 9.97 Å². The molecule has 2 heterocycles. The zero-order valence-corrected chi connectivity index (χ0v) is 7.59. The van der Waals surface area contributed by atoms with Crippen LogP contribution in [-0.4, -0.2) is 15.1 Å². The van der Waals surface area contributed by atoms with Gasteiger partial charge in [-0.15, -0.1) is 0 Å². The van der Waals surface area contributed by atoms with Crippen molar-refractivity contribution in [2.24, 2.45) is 0 Å². The first-order chi connectivity index (χ1) is 6.84. The second-order valence-electron chi connectivity index (χ2n) is 3.05. The summed E-state index contributed by atoms with van der Waals surface area (Å²) in [5.74, 6) is 0.194. The third-order valence-electron chi connectivity index (χ3n) is 1.92. The molecule has 0 aliphatic rings. The molecule has 0 amide bonds. The predicted molar refractivity (Wildman–Crippen MR) is 52.9 cm³/mol. The van der Waals surface area contributed by atoms with E-state index in [-0.39, 0.29) is 5.75 Å². The number of hydrogen-bond acceptors (Lipinski definition) is 3. The van der Waals surface area contributed by atoms with Gasteiger partial charge in [-0.2, -0.15) is 0 Å². The fraction of sp³-hybridized carbons (Fsp3) is 0.0909. The van der Waals surface area contributed by atoms with E-state index in [1.807, 2.05) is 24.4 Å². The summed E-state index contributed by atoms with van der Waals surface area (Å²) < 4.78 is 0. The zero-order chi connectivity index (χ0) is 9.80. The van der Waals surface area contributed by atoms with Gasteiger partial charge in [-0.1, -0.05) is 6.07 Å². The van der Waals surface area contributed by atoms with Crippen LogP contribution in [0.15, 0.2) is 42.9 Å². The molecule has 0 atom stereocenters. The third kappa shape index (κ3) is 2.07. The van der Waals surface area contributed by atoms with Gasteiger partial charge in [0.15, 0.2) is 0 Å². The maximum absolute atomic E-state index is 9.05. The van der Waals surface area contributed by atoms with Gasteiger partial charge in [0, 0.05) is 24.5 Å². The fourth-order valence-corrected chi connectivity index (χ4v) is 1.23. The van der Waals surface area contributed by atoms with Crippen LogP contribution < -0.4 is 0 Å². The maximum atomic E-state index is 9.05. The first kappa shape index (κ1) is 8.69. The lowest BCUT2D eigenvalue weighted by Crippen LogP contribution is -1.91. The highest BCUT2D eigenvalue weighted by Crippen LogP contribution is 2.09. The monoisotopic (exact) mass is 186 g/mol. The number of aromatic hydroxyl groups is 1. The molecular weight excluding hydrogens is 176 g/mol.